The Morgan fingerprint density at radius 2 is 1.93 bits per heavy atom. The molecule has 8 nitrogen and oxygen atoms in total. The monoisotopic (exact) mass is 598 g/mol. The van der Waals surface area contributed by atoms with Gasteiger partial charge in [-0.25, -0.2) is 18.7 Å². The van der Waals surface area contributed by atoms with E-state index in [0.29, 0.717) is 45.4 Å². The largest absolute Gasteiger partial charge is 0.381 e. The number of likely N-dealkylation sites (tertiary alicyclic amines) is 1. The molecular formula is C32H28F2N6O2S. The third kappa shape index (κ3) is 4.18. The van der Waals surface area contributed by atoms with Crippen LogP contribution in [0.15, 0.2) is 36.4 Å². The Balaban J connectivity index is 1.10. The van der Waals surface area contributed by atoms with Gasteiger partial charge in [-0.1, -0.05) is 11.3 Å². The number of benzene rings is 2. The van der Waals surface area contributed by atoms with E-state index in [-0.39, 0.29) is 28.9 Å². The summed E-state index contributed by atoms with van der Waals surface area (Å²) in [5.74, 6) is -0.546. The Morgan fingerprint density at radius 3 is 2.60 bits per heavy atom. The van der Waals surface area contributed by atoms with Gasteiger partial charge >= 0.3 is 0 Å². The van der Waals surface area contributed by atoms with Crippen molar-refractivity contribution in [2.24, 2.45) is 11.3 Å². The molecule has 1 spiro atoms. The van der Waals surface area contributed by atoms with Gasteiger partial charge < -0.3 is 19.4 Å². The molecule has 2 aromatic heterocycles. The maximum absolute atomic E-state index is 15.7. The normalized spacial score (nSPS) is 19.9. The van der Waals surface area contributed by atoms with Crippen LogP contribution < -0.4 is 9.80 Å². The average Bonchev–Trinajstić information content (AvgIpc) is 3.63. The molecule has 0 N–H and O–H groups in total. The van der Waals surface area contributed by atoms with Gasteiger partial charge in [-0.05, 0) is 61.2 Å². The fourth-order valence-corrected chi connectivity index (χ4v) is 7.82. The van der Waals surface area contributed by atoms with Crippen LogP contribution in [0.5, 0.6) is 0 Å². The Bertz CT molecular complexity index is 1830. The van der Waals surface area contributed by atoms with Gasteiger partial charge in [0.2, 0.25) is 5.91 Å². The minimum atomic E-state index is -0.367. The van der Waals surface area contributed by atoms with Crippen LogP contribution >= 0.6 is 11.3 Å². The van der Waals surface area contributed by atoms with Crippen LogP contribution in [0.3, 0.4) is 0 Å². The molecule has 4 aliphatic rings. The Kier molecular flexibility index (Phi) is 5.97. The predicted molar refractivity (Wildman–Crippen MR) is 160 cm³/mol. The Labute approximate surface area is 251 Å². The zero-order valence-electron chi connectivity index (χ0n) is 23.6. The topological polar surface area (TPSA) is 85.6 Å². The molecule has 0 saturated carbocycles. The number of halogens is 2. The summed E-state index contributed by atoms with van der Waals surface area (Å²) in [4.78, 5) is 28.7. The number of thiazole rings is 1. The molecule has 11 heteroatoms. The number of hydrogen-bond acceptors (Lipinski definition) is 8. The van der Waals surface area contributed by atoms with Crippen LogP contribution in [-0.2, 0) is 22.4 Å². The number of anilines is 3. The average molecular weight is 599 g/mol. The van der Waals surface area contributed by atoms with E-state index in [1.807, 2.05) is 22.9 Å². The van der Waals surface area contributed by atoms with E-state index >= 15 is 4.39 Å². The molecule has 218 valence electrons. The lowest BCUT2D eigenvalue weighted by molar-refractivity contribution is -0.149. The van der Waals surface area contributed by atoms with Crippen LogP contribution in [0.4, 0.5) is 25.3 Å². The van der Waals surface area contributed by atoms with Crippen molar-refractivity contribution in [2.75, 3.05) is 56.2 Å². The molecule has 8 rings (SSSR count). The van der Waals surface area contributed by atoms with Gasteiger partial charge in [-0.15, -0.1) is 0 Å². The molecule has 2 aromatic carbocycles. The lowest BCUT2D eigenvalue weighted by Crippen LogP contribution is -2.73. The highest BCUT2D eigenvalue weighted by atomic mass is 32.1. The van der Waals surface area contributed by atoms with Crippen molar-refractivity contribution < 1.29 is 18.3 Å². The third-order valence-corrected chi connectivity index (χ3v) is 10.4. The minimum absolute atomic E-state index is 0.0162. The maximum Gasteiger partial charge on any atom is 0.228 e. The summed E-state index contributed by atoms with van der Waals surface area (Å²) in [6.45, 7) is 4.19. The van der Waals surface area contributed by atoms with Gasteiger partial charge in [0.1, 0.15) is 28.0 Å². The van der Waals surface area contributed by atoms with Crippen LogP contribution in [-0.4, -0.2) is 67.2 Å². The van der Waals surface area contributed by atoms with Gasteiger partial charge in [-0.3, -0.25) is 4.79 Å². The quantitative estimate of drug-likeness (QED) is 0.318. The van der Waals surface area contributed by atoms with Gasteiger partial charge in [0, 0.05) is 67.6 Å². The zero-order chi connectivity index (χ0) is 29.5. The van der Waals surface area contributed by atoms with Crippen LogP contribution in [0.1, 0.15) is 22.6 Å². The van der Waals surface area contributed by atoms with Gasteiger partial charge in [-0.2, -0.15) is 5.26 Å². The molecule has 0 radical (unpaired) electrons. The number of aromatic nitrogens is 2. The predicted octanol–water partition coefficient (Wildman–Crippen LogP) is 5.06. The summed E-state index contributed by atoms with van der Waals surface area (Å²) >= 11 is 1.26. The first-order valence-electron chi connectivity index (χ1n) is 14.5. The van der Waals surface area contributed by atoms with Crippen LogP contribution in [0.25, 0.3) is 22.2 Å². The Hall–Kier alpha value is -4.14. The maximum atomic E-state index is 15.7. The van der Waals surface area contributed by atoms with E-state index in [4.69, 9.17) is 9.72 Å². The van der Waals surface area contributed by atoms with Gasteiger partial charge in [0.15, 0.2) is 10.9 Å². The highest BCUT2D eigenvalue weighted by Crippen LogP contribution is 2.47. The van der Waals surface area contributed by atoms with Crippen molar-refractivity contribution in [2.45, 2.75) is 19.3 Å². The summed E-state index contributed by atoms with van der Waals surface area (Å²) in [6, 6.07) is 11.8. The molecule has 1 atom stereocenters. The molecule has 5 heterocycles. The number of hydrogen-bond donors (Lipinski definition) is 0. The second-order valence-electron chi connectivity index (χ2n) is 12.2. The summed E-state index contributed by atoms with van der Waals surface area (Å²) in [5, 5.41) is 11.2. The van der Waals surface area contributed by atoms with Crippen molar-refractivity contribution in [3.05, 3.63) is 64.2 Å². The van der Waals surface area contributed by atoms with E-state index < -0.39 is 0 Å². The van der Waals surface area contributed by atoms with E-state index in [1.54, 1.807) is 18.2 Å². The summed E-state index contributed by atoms with van der Waals surface area (Å²) in [7, 11) is 1.89. The fourth-order valence-electron chi connectivity index (χ4n) is 6.96. The number of rotatable bonds is 5. The lowest BCUT2D eigenvalue weighted by atomic mass is 9.72. The smallest absolute Gasteiger partial charge is 0.228 e. The van der Waals surface area contributed by atoms with Crippen molar-refractivity contribution >= 4 is 44.7 Å². The van der Waals surface area contributed by atoms with Crippen LogP contribution in [0, 0.1) is 34.3 Å². The first-order chi connectivity index (χ1) is 20.8. The van der Waals surface area contributed by atoms with Crippen LogP contribution in [0.2, 0.25) is 0 Å². The SMILES string of the molecule is CN(c1nc(-c2ccc(F)cc2)c(C#N)s1)c1c2c(nc3c(F)cc(N4CC5(CN(C(=O)[C@@H]6CCOC6)C5)C4)cc13)CC2. The molecule has 1 amide bonds. The second-order valence-corrected chi connectivity index (χ2v) is 13.1. The fraction of sp³-hybridized carbons (Fsp3) is 0.375. The first-order valence-corrected chi connectivity index (χ1v) is 15.3. The lowest BCUT2D eigenvalue weighted by Gasteiger charge is -2.61. The van der Waals surface area contributed by atoms with Crippen molar-refractivity contribution in [1.82, 2.24) is 14.9 Å². The number of pyridine rings is 1. The molecule has 1 aliphatic carbocycles. The number of aryl methyl sites for hydroxylation is 1. The molecule has 3 fully saturated rings. The highest BCUT2D eigenvalue weighted by Gasteiger charge is 2.54. The molecule has 3 saturated heterocycles. The first kappa shape index (κ1) is 26.5. The van der Waals surface area contributed by atoms with Gasteiger partial charge in [0.25, 0.3) is 0 Å². The number of ether oxygens (including phenoxy) is 1. The minimum Gasteiger partial charge on any atom is -0.381 e. The summed E-state index contributed by atoms with van der Waals surface area (Å²) < 4.78 is 34.6. The standard InChI is InChI=1S/C32H28F2N6O2S/c1-38(31-37-27(26(12-35)43-31)18-2-4-20(33)5-3-18)29-22-6-7-25(22)36-28-23(29)10-21(11-24(28)34)39-14-32(15-39)16-40(17-32)30(41)19-8-9-42-13-19/h2-5,10-11,19H,6-9,13-17H2,1H3/t19-/m1/s1. The number of nitrogens with zero attached hydrogens (tertiary/aromatic N) is 6. The highest BCUT2D eigenvalue weighted by molar-refractivity contribution is 7.16. The molecule has 0 unspecified atom stereocenters. The van der Waals surface area contributed by atoms with Crippen molar-refractivity contribution in [3.63, 3.8) is 0 Å². The molecule has 3 aliphatic heterocycles. The third-order valence-electron chi connectivity index (χ3n) is 9.31. The van der Waals surface area contributed by atoms with Gasteiger partial charge in [0.05, 0.1) is 18.2 Å². The zero-order valence-corrected chi connectivity index (χ0v) is 24.4. The summed E-state index contributed by atoms with van der Waals surface area (Å²) in [5.41, 5.74) is 5.14. The van der Waals surface area contributed by atoms with E-state index in [2.05, 4.69) is 16.0 Å². The number of fused-ring (bicyclic) bond motifs is 2. The summed E-state index contributed by atoms with van der Waals surface area (Å²) in [6.07, 6.45) is 2.41. The Morgan fingerprint density at radius 1 is 1.14 bits per heavy atom. The molecule has 4 aromatic rings. The molecule has 0 bridgehead atoms. The number of carbonyl (C=O) groups excluding carboxylic acids is 1. The number of carbonyl (C=O) groups is 1. The van der Waals surface area contributed by atoms with E-state index in [1.165, 1.54) is 23.5 Å². The second kappa shape index (κ2) is 9.69. The molecular weight excluding hydrogens is 570 g/mol. The van der Waals surface area contributed by atoms with E-state index in [9.17, 15) is 14.4 Å². The van der Waals surface area contributed by atoms with Crippen molar-refractivity contribution in [1.29, 1.82) is 5.26 Å². The number of nitriles is 1. The van der Waals surface area contributed by atoms with E-state index in [0.717, 1.165) is 68.1 Å². The molecule has 43 heavy (non-hydrogen) atoms. The number of amides is 1. The van der Waals surface area contributed by atoms with Crippen molar-refractivity contribution in [3.8, 4) is 17.3 Å².